The van der Waals surface area contributed by atoms with Crippen LogP contribution in [0.5, 0.6) is 5.75 Å². The lowest BCUT2D eigenvalue weighted by Gasteiger charge is -2.11. The quantitative estimate of drug-likeness (QED) is 0.789. The number of aryl methyl sites for hydroxylation is 2. The van der Waals surface area contributed by atoms with Crippen LogP contribution in [0.3, 0.4) is 0 Å². The Morgan fingerprint density at radius 1 is 1.21 bits per heavy atom. The van der Waals surface area contributed by atoms with Crippen molar-refractivity contribution in [2.24, 2.45) is 0 Å². The van der Waals surface area contributed by atoms with E-state index in [1.54, 1.807) is 0 Å². The van der Waals surface area contributed by atoms with Gasteiger partial charge in [0.1, 0.15) is 5.75 Å². The molecule has 5 heteroatoms. The molecule has 5 nitrogen and oxygen atoms in total. The Labute approximate surface area is 112 Å². The van der Waals surface area contributed by atoms with E-state index in [2.05, 4.69) is 10.1 Å². The Hall–Kier alpha value is -2.04. The number of nitrogens with one attached hydrogen (secondary N) is 1. The van der Waals surface area contributed by atoms with Crippen molar-refractivity contribution < 1.29 is 19.1 Å². The van der Waals surface area contributed by atoms with E-state index in [9.17, 15) is 9.59 Å². The van der Waals surface area contributed by atoms with E-state index >= 15 is 0 Å². The number of para-hydroxylation sites is 1. The molecule has 0 saturated carbocycles. The highest BCUT2D eigenvalue weighted by atomic mass is 16.5. The summed E-state index contributed by atoms with van der Waals surface area (Å²) < 4.78 is 9.96. The minimum atomic E-state index is -0.351. The molecule has 0 heterocycles. The van der Waals surface area contributed by atoms with E-state index < -0.39 is 0 Å². The largest absolute Gasteiger partial charge is 0.483 e. The number of hydrogen-bond donors (Lipinski definition) is 1. The molecule has 0 aromatic heterocycles. The number of carbonyl (C=O) groups is 2. The molecule has 1 amide bonds. The van der Waals surface area contributed by atoms with Gasteiger partial charge in [0, 0.05) is 6.54 Å². The summed E-state index contributed by atoms with van der Waals surface area (Å²) in [5.41, 5.74) is 1.98. The molecule has 0 atom stereocenters. The van der Waals surface area contributed by atoms with Gasteiger partial charge in [-0.3, -0.25) is 9.59 Å². The molecule has 0 aliphatic carbocycles. The summed E-state index contributed by atoms with van der Waals surface area (Å²) in [5.74, 6) is 0.119. The number of esters is 1. The third-order valence-corrected chi connectivity index (χ3v) is 2.64. The Balaban J connectivity index is 2.36. The van der Waals surface area contributed by atoms with Crippen molar-refractivity contribution in [3.05, 3.63) is 29.3 Å². The van der Waals surface area contributed by atoms with Gasteiger partial charge in [0.05, 0.1) is 13.5 Å². The summed E-state index contributed by atoms with van der Waals surface area (Å²) in [6.45, 7) is 4.05. The van der Waals surface area contributed by atoms with E-state index in [0.717, 1.165) is 16.9 Å². The van der Waals surface area contributed by atoms with Crippen molar-refractivity contribution in [2.45, 2.75) is 20.3 Å². The molecule has 104 valence electrons. The van der Waals surface area contributed by atoms with Gasteiger partial charge in [0.15, 0.2) is 6.61 Å². The summed E-state index contributed by atoms with van der Waals surface area (Å²) in [6, 6.07) is 5.79. The van der Waals surface area contributed by atoms with Crippen LogP contribution in [0.2, 0.25) is 0 Å². The highest BCUT2D eigenvalue weighted by Gasteiger charge is 2.07. The number of benzene rings is 1. The summed E-state index contributed by atoms with van der Waals surface area (Å²) >= 11 is 0. The third kappa shape index (κ3) is 4.99. The molecule has 19 heavy (non-hydrogen) atoms. The molecule has 0 radical (unpaired) electrons. The number of ether oxygens (including phenoxy) is 2. The minimum Gasteiger partial charge on any atom is -0.483 e. The van der Waals surface area contributed by atoms with Gasteiger partial charge in [-0.15, -0.1) is 0 Å². The molecule has 1 rings (SSSR count). The molecular formula is C14H19NO4. The molecule has 0 unspecified atom stereocenters. The highest BCUT2D eigenvalue weighted by Crippen LogP contribution is 2.21. The van der Waals surface area contributed by atoms with Gasteiger partial charge >= 0.3 is 5.97 Å². The Morgan fingerprint density at radius 3 is 2.42 bits per heavy atom. The second kappa shape index (κ2) is 7.41. The zero-order valence-corrected chi connectivity index (χ0v) is 11.5. The maximum absolute atomic E-state index is 11.5. The first-order valence-corrected chi connectivity index (χ1v) is 6.07. The van der Waals surface area contributed by atoms with Gasteiger partial charge in [-0.05, 0) is 25.0 Å². The van der Waals surface area contributed by atoms with Crippen LogP contribution >= 0.6 is 0 Å². The summed E-state index contributed by atoms with van der Waals surface area (Å²) in [6.07, 6.45) is 0.158. The van der Waals surface area contributed by atoms with Gasteiger partial charge in [-0.1, -0.05) is 18.2 Å². The number of amides is 1. The SMILES string of the molecule is COC(=O)CCNC(=O)COc1c(C)cccc1C. The lowest BCUT2D eigenvalue weighted by molar-refractivity contribution is -0.140. The smallest absolute Gasteiger partial charge is 0.307 e. The van der Waals surface area contributed by atoms with Crippen LogP contribution in [0.4, 0.5) is 0 Å². The normalized spacial score (nSPS) is 9.84. The predicted octanol–water partition coefficient (Wildman–Crippen LogP) is 1.36. The second-order valence-electron chi connectivity index (χ2n) is 4.19. The fourth-order valence-electron chi connectivity index (χ4n) is 1.62. The first-order valence-electron chi connectivity index (χ1n) is 6.07. The number of methoxy groups -OCH3 is 1. The van der Waals surface area contributed by atoms with Crippen LogP contribution in [-0.2, 0) is 14.3 Å². The van der Waals surface area contributed by atoms with Gasteiger partial charge in [0.25, 0.3) is 5.91 Å². The predicted molar refractivity (Wildman–Crippen MR) is 71.1 cm³/mol. The first kappa shape index (κ1) is 15.0. The molecule has 0 saturated heterocycles. The van der Waals surface area contributed by atoms with Gasteiger partial charge in [-0.2, -0.15) is 0 Å². The van der Waals surface area contributed by atoms with Crippen LogP contribution in [0, 0.1) is 13.8 Å². The fourth-order valence-corrected chi connectivity index (χ4v) is 1.62. The maximum atomic E-state index is 11.5. The molecular weight excluding hydrogens is 246 g/mol. The summed E-state index contributed by atoms with van der Waals surface area (Å²) in [5, 5.41) is 2.59. The fraction of sp³-hybridized carbons (Fsp3) is 0.429. The Kier molecular flexibility index (Phi) is 5.85. The third-order valence-electron chi connectivity index (χ3n) is 2.64. The standard InChI is InChI=1S/C14H19NO4/c1-10-5-4-6-11(2)14(10)19-9-12(16)15-8-7-13(17)18-3/h4-6H,7-9H2,1-3H3,(H,15,16). The van der Waals surface area contributed by atoms with Gasteiger partial charge < -0.3 is 14.8 Å². The average molecular weight is 265 g/mol. The van der Waals surface area contributed by atoms with Crippen LogP contribution in [-0.4, -0.2) is 32.1 Å². The molecule has 0 spiro atoms. The van der Waals surface area contributed by atoms with Gasteiger partial charge in [-0.25, -0.2) is 0 Å². The lowest BCUT2D eigenvalue weighted by Crippen LogP contribution is -2.31. The average Bonchev–Trinajstić information content (AvgIpc) is 2.38. The van der Waals surface area contributed by atoms with E-state index in [1.165, 1.54) is 7.11 Å². The highest BCUT2D eigenvalue weighted by molar-refractivity contribution is 5.78. The van der Waals surface area contributed by atoms with Crippen molar-refractivity contribution in [1.82, 2.24) is 5.32 Å². The van der Waals surface area contributed by atoms with Crippen molar-refractivity contribution >= 4 is 11.9 Å². The Bertz CT molecular complexity index is 437. The lowest BCUT2D eigenvalue weighted by atomic mass is 10.1. The molecule has 1 N–H and O–H groups in total. The van der Waals surface area contributed by atoms with E-state index in [-0.39, 0.29) is 31.4 Å². The molecule has 0 fully saturated rings. The summed E-state index contributed by atoms with van der Waals surface area (Å²) in [7, 11) is 1.31. The number of rotatable bonds is 6. The van der Waals surface area contributed by atoms with Gasteiger partial charge in [0.2, 0.25) is 0 Å². The van der Waals surface area contributed by atoms with Crippen LogP contribution in [0.15, 0.2) is 18.2 Å². The van der Waals surface area contributed by atoms with E-state index in [4.69, 9.17) is 4.74 Å². The molecule has 1 aromatic carbocycles. The van der Waals surface area contributed by atoms with Crippen LogP contribution in [0.1, 0.15) is 17.5 Å². The maximum Gasteiger partial charge on any atom is 0.307 e. The van der Waals surface area contributed by atoms with Crippen molar-refractivity contribution in [3.63, 3.8) is 0 Å². The van der Waals surface area contributed by atoms with Crippen LogP contribution in [0.25, 0.3) is 0 Å². The minimum absolute atomic E-state index is 0.0626. The Morgan fingerprint density at radius 2 is 1.84 bits per heavy atom. The molecule has 0 bridgehead atoms. The molecule has 0 aliphatic heterocycles. The van der Waals surface area contributed by atoms with Crippen molar-refractivity contribution in [2.75, 3.05) is 20.3 Å². The topological polar surface area (TPSA) is 64.6 Å². The van der Waals surface area contributed by atoms with E-state index in [0.29, 0.717) is 0 Å². The molecule has 1 aromatic rings. The monoisotopic (exact) mass is 265 g/mol. The van der Waals surface area contributed by atoms with Crippen molar-refractivity contribution in [3.8, 4) is 5.75 Å². The first-order chi connectivity index (χ1) is 9.04. The summed E-state index contributed by atoms with van der Waals surface area (Å²) in [4.78, 5) is 22.4. The number of carbonyl (C=O) groups excluding carboxylic acids is 2. The zero-order valence-electron chi connectivity index (χ0n) is 11.5. The van der Waals surface area contributed by atoms with Crippen LogP contribution < -0.4 is 10.1 Å². The zero-order chi connectivity index (χ0) is 14.3. The van der Waals surface area contributed by atoms with E-state index in [1.807, 2.05) is 32.0 Å². The molecule has 0 aliphatic rings. The second-order valence-corrected chi connectivity index (χ2v) is 4.19. The number of hydrogen-bond acceptors (Lipinski definition) is 4. The van der Waals surface area contributed by atoms with Crippen molar-refractivity contribution in [1.29, 1.82) is 0 Å².